The third kappa shape index (κ3) is 48.9. The molecule has 0 bridgehead atoms. The van der Waals surface area contributed by atoms with Gasteiger partial charge in [0.05, 0.1) is 0 Å². The minimum Gasteiger partial charge on any atom is -0.302 e. The molecule has 0 fully saturated rings. The molecule has 0 spiro atoms. The lowest BCUT2D eigenvalue weighted by atomic mass is 10.0. The van der Waals surface area contributed by atoms with Gasteiger partial charge >= 0.3 is 0 Å². The molecule has 68 heavy (non-hydrogen) atoms. The Morgan fingerprint density at radius 2 is 0.588 bits per heavy atom. The molecular formula is C64H129N3O. The molecule has 0 amide bonds. The third-order valence-electron chi connectivity index (χ3n) is 15.4. The fourth-order valence-corrected chi connectivity index (χ4v) is 10.7. The first-order chi connectivity index (χ1) is 33.3. The van der Waals surface area contributed by atoms with E-state index in [1.54, 1.807) is 0 Å². The summed E-state index contributed by atoms with van der Waals surface area (Å²) < 4.78 is 0. The molecule has 0 saturated carbocycles. The second kappa shape index (κ2) is 54.1. The second-order valence-corrected chi connectivity index (χ2v) is 22.8. The first kappa shape index (κ1) is 67.3. The van der Waals surface area contributed by atoms with E-state index in [4.69, 9.17) is 0 Å². The molecule has 0 saturated heterocycles. The van der Waals surface area contributed by atoms with Gasteiger partial charge in [-0.05, 0) is 102 Å². The number of hydrogen-bond donors (Lipinski definition) is 0. The van der Waals surface area contributed by atoms with Gasteiger partial charge < -0.3 is 14.7 Å². The van der Waals surface area contributed by atoms with Crippen molar-refractivity contribution in [2.24, 2.45) is 11.8 Å². The number of ketones is 1. The summed E-state index contributed by atoms with van der Waals surface area (Å²) in [5.41, 5.74) is 1.50. The predicted molar refractivity (Wildman–Crippen MR) is 309 cm³/mol. The Balaban J connectivity index is 5.26. The summed E-state index contributed by atoms with van der Waals surface area (Å²) in [6, 6.07) is 0. The van der Waals surface area contributed by atoms with Crippen molar-refractivity contribution < 1.29 is 4.79 Å². The first-order valence-electron chi connectivity index (χ1n) is 31.6. The van der Waals surface area contributed by atoms with Crippen LogP contribution in [-0.4, -0.2) is 79.4 Å². The summed E-state index contributed by atoms with van der Waals surface area (Å²) in [5, 5.41) is 0. The molecule has 4 nitrogen and oxygen atoms in total. The molecule has 0 aliphatic rings. The van der Waals surface area contributed by atoms with Gasteiger partial charge in [-0.3, -0.25) is 4.79 Å². The number of hydrogen-bond acceptors (Lipinski definition) is 4. The molecule has 406 valence electrons. The molecule has 0 aliphatic heterocycles. The fourth-order valence-electron chi connectivity index (χ4n) is 10.7. The number of carbonyl (C=O) groups is 1. The highest BCUT2D eigenvalue weighted by molar-refractivity contribution is 5.78. The molecule has 0 aromatic heterocycles. The van der Waals surface area contributed by atoms with Crippen molar-refractivity contribution in [2.45, 2.75) is 325 Å². The lowest BCUT2D eigenvalue weighted by Gasteiger charge is -2.32. The van der Waals surface area contributed by atoms with Crippen LogP contribution in [0.5, 0.6) is 0 Å². The Bertz CT molecular complexity index is 1010. The number of carbonyl (C=O) groups excluding carboxylic acids is 1. The highest BCUT2D eigenvalue weighted by Gasteiger charge is 2.16. The fraction of sp³-hybridized carbons (Fsp3) is 0.953. The van der Waals surface area contributed by atoms with Crippen LogP contribution in [0.25, 0.3) is 0 Å². The average molecular weight is 957 g/mol. The zero-order valence-electron chi connectivity index (χ0n) is 48.4. The number of unbranched alkanes of at least 4 members (excludes halogenated alkanes) is 30. The van der Waals surface area contributed by atoms with Crippen molar-refractivity contribution in [1.82, 2.24) is 14.7 Å². The Morgan fingerprint density at radius 3 is 1.01 bits per heavy atom. The summed E-state index contributed by atoms with van der Waals surface area (Å²) in [4.78, 5) is 21.4. The molecule has 0 aliphatic carbocycles. The van der Waals surface area contributed by atoms with Gasteiger partial charge in [-0.15, -0.1) is 0 Å². The SMILES string of the molecule is C=C(CCCCCCCCCCC)CCCCCN(CCN(CCCCC(=O)CCCCCCCCCCC)CC(C)CCC)CCN(CCCCC)CC(C)CCCCCCCCCCCC. The van der Waals surface area contributed by atoms with Crippen molar-refractivity contribution in [3.05, 3.63) is 12.2 Å². The summed E-state index contributed by atoms with van der Waals surface area (Å²) in [6.07, 6.45) is 57.0. The quantitative estimate of drug-likeness (QED) is 0.0448. The van der Waals surface area contributed by atoms with Crippen LogP contribution in [0.15, 0.2) is 12.2 Å². The molecule has 2 atom stereocenters. The molecule has 0 aromatic carbocycles. The molecule has 0 radical (unpaired) electrons. The van der Waals surface area contributed by atoms with E-state index >= 15 is 0 Å². The van der Waals surface area contributed by atoms with Crippen molar-refractivity contribution >= 4 is 5.78 Å². The number of Topliss-reactive ketones (excluding diaryl/α,β-unsaturated/α-hetero) is 1. The van der Waals surface area contributed by atoms with Crippen molar-refractivity contribution in [3.8, 4) is 0 Å². The van der Waals surface area contributed by atoms with Gasteiger partial charge in [0, 0.05) is 52.1 Å². The summed E-state index contributed by atoms with van der Waals surface area (Å²) >= 11 is 0. The lowest BCUT2D eigenvalue weighted by molar-refractivity contribution is -0.119. The van der Waals surface area contributed by atoms with Gasteiger partial charge in [-0.1, -0.05) is 253 Å². The van der Waals surface area contributed by atoms with E-state index in [2.05, 4.69) is 69.7 Å². The Labute approximate surface area is 430 Å². The van der Waals surface area contributed by atoms with E-state index in [-0.39, 0.29) is 0 Å². The minimum atomic E-state index is 0.512. The normalized spacial score (nSPS) is 12.9. The third-order valence-corrected chi connectivity index (χ3v) is 15.4. The van der Waals surface area contributed by atoms with E-state index in [1.807, 2.05) is 0 Å². The minimum absolute atomic E-state index is 0.512. The number of allylic oxidation sites excluding steroid dienone is 1. The maximum absolute atomic E-state index is 12.9. The molecule has 0 N–H and O–H groups in total. The average Bonchev–Trinajstić information content (AvgIpc) is 3.32. The van der Waals surface area contributed by atoms with E-state index in [0.717, 1.165) is 50.5 Å². The first-order valence-corrected chi connectivity index (χ1v) is 31.6. The van der Waals surface area contributed by atoms with Gasteiger partial charge in [0.2, 0.25) is 0 Å². The van der Waals surface area contributed by atoms with Crippen LogP contribution in [0.2, 0.25) is 0 Å². The highest BCUT2D eigenvalue weighted by Crippen LogP contribution is 2.19. The number of rotatable bonds is 58. The van der Waals surface area contributed by atoms with Gasteiger partial charge in [0.1, 0.15) is 5.78 Å². The summed E-state index contributed by atoms with van der Waals surface area (Å²) in [5.74, 6) is 2.03. The maximum atomic E-state index is 12.9. The molecule has 2 unspecified atom stereocenters. The summed E-state index contributed by atoms with van der Waals surface area (Å²) in [6.45, 7) is 32.0. The van der Waals surface area contributed by atoms with Crippen LogP contribution in [0.1, 0.15) is 325 Å². The van der Waals surface area contributed by atoms with E-state index in [0.29, 0.717) is 5.78 Å². The van der Waals surface area contributed by atoms with Crippen molar-refractivity contribution in [1.29, 1.82) is 0 Å². The van der Waals surface area contributed by atoms with E-state index in [1.165, 1.54) is 302 Å². The number of nitrogens with zero attached hydrogens (tertiary/aromatic N) is 3. The van der Waals surface area contributed by atoms with Crippen LogP contribution in [0.3, 0.4) is 0 Å². The van der Waals surface area contributed by atoms with Crippen LogP contribution in [0.4, 0.5) is 0 Å². The van der Waals surface area contributed by atoms with E-state index < -0.39 is 0 Å². The summed E-state index contributed by atoms with van der Waals surface area (Å²) in [7, 11) is 0. The predicted octanol–water partition coefficient (Wildman–Crippen LogP) is 20.2. The Morgan fingerprint density at radius 1 is 0.309 bits per heavy atom. The van der Waals surface area contributed by atoms with Crippen LogP contribution >= 0.6 is 0 Å². The Hall–Kier alpha value is -0.710. The molecule has 0 heterocycles. The lowest BCUT2D eigenvalue weighted by Crippen LogP contribution is -2.42. The second-order valence-electron chi connectivity index (χ2n) is 22.8. The van der Waals surface area contributed by atoms with E-state index in [9.17, 15) is 4.79 Å². The molecule has 0 aromatic rings. The Kier molecular flexibility index (Phi) is 53.5. The molecular weight excluding hydrogens is 827 g/mol. The highest BCUT2D eigenvalue weighted by atomic mass is 16.1. The van der Waals surface area contributed by atoms with Crippen LogP contribution in [0, 0.1) is 11.8 Å². The van der Waals surface area contributed by atoms with Gasteiger partial charge in [-0.2, -0.15) is 0 Å². The standard InChI is InChI=1S/C64H129N3O/c1-9-14-18-21-24-27-30-32-35-39-49-63(8)60-66(53-43-17-12-4)57-55-65(52-44-37-40-48-61(6)47-38-34-31-28-25-22-19-15-10-2)56-58-67(59-62(7)46-13-5)54-45-42-51-64(68)50-41-36-33-29-26-23-20-16-11-3/h62-63H,6,9-60H2,1-5,7-8H3. The van der Waals surface area contributed by atoms with Gasteiger partial charge in [0.15, 0.2) is 0 Å². The zero-order chi connectivity index (χ0) is 49.8. The monoisotopic (exact) mass is 956 g/mol. The molecule has 4 heteroatoms. The molecule has 0 rings (SSSR count). The van der Waals surface area contributed by atoms with Crippen LogP contribution < -0.4 is 0 Å². The van der Waals surface area contributed by atoms with Crippen LogP contribution in [-0.2, 0) is 4.79 Å². The van der Waals surface area contributed by atoms with Gasteiger partial charge in [0.25, 0.3) is 0 Å². The van der Waals surface area contributed by atoms with Gasteiger partial charge in [-0.25, -0.2) is 0 Å². The van der Waals surface area contributed by atoms with Crippen molar-refractivity contribution in [3.63, 3.8) is 0 Å². The zero-order valence-corrected chi connectivity index (χ0v) is 48.4. The smallest absolute Gasteiger partial charge is 0.132 e. The maximum Gasteiger partial charge on any atom is 0.132 e. The largest absolute Gasteiger partial charge is 0.302 e. The topological polar surface area (TPSA) is 26.8 Å². The van der Waals surface area contributed by atoms with Crippen molar-refractivity contribution in [2.75, 3.05) is 58.9 Å².